The number of hydrogen-bond acceptors (Lipinski definition) is 9. The number of morpholine rings is 1. The number of anilines is 2. The Kier molecular flexibility index (Phi) is 8.25. The summed E-state index contributed by atoms with van der Waals surface area (Å²) in [4.78, 5) is 23.1. The first-order valence-corrected chi connectivity index (χ1v) is 13.1. The predicted molar refractivity (Wildman–Crippen MR) is 130 cm³/mol. The van der Waals surface area contributed by atoms with Gasteiger partial charge in [-0.2, -0.15) is 4.31 Å². The number of phenols is 1. The van der Waals surface area contributed by atoms with Gasteiger partial charge in [0.15, 0.2) is 11.5 Å². The molecule has 0 radical (unpaired) electrons. The minimum absolute atomic E-state index is 0.0724. The van der Waals surface area contributed by atoms with Crippen molar-refractivity contribution in [1.29, 1.82) is 0 Å². The molecular formula is C22H30ClN3O7S. The molecule has 188 valence electrons. The van der Waals surface area contributed by atoms with Crippen LogP contribution in [0.4, 0.5) is 11.4 Å². The number of nitrogens with zero attached hydrogens (tertiary/aromatic N) is 1. The van der Waals surface area contributed by atoms with Gasteiger partial charge in [0.2, 0.25) is 10.0 Å². The van der Waals surface area contributed by atoms with Gasteiger partial charge in [-0.3, -0.25) is 9.59 Å². The molecule has 0 bridgehead atoms. The van der Waals surface area contributed by atoms with E-state index in [-0.39, 0.29) is 47.4 Å². The van der Waals surface area contributed by atoms with Crippen molar-refractivity contribution >= 4 is 33.0 Å². The molecule has 2 aromatic rings. The fourth-order valence-electron chi connectivity index (χ4n) is 4.11. The summed E-state index contributed by atoms with van der Waals surface area (Å²) in [6, 6.07) is 2.64. The van der Waals surface area contributed by atoms with Gasteiger partial charge in [-0.15, -0.1) is 0 Å². The van der Waals surface area contributed by atoms with E-state index in [2.05, 4.69) is 10.6 Å². The van der Waals surface area contributed by atoms with Gasteiger partial charge in [0.1, 0.15) is 10.6 Å². The highest BCUT2D eigenvalue weighted by atomic mass is 35.5. The number of piperidine rings is 1. The highest BCUT2D eigenvalue weighted by Gasteiger charge is 2.41. The zero-order chi connectivity index (χ0) is 25.1. The first-order chi connectivity index (χ1) is 16.2. The third kappa shape index (κ3) is 4.80. The fourth-order valence-corrected chi connectivity index (χ4v) is 6.14. The smallest absolute Gasteiger partial charge is 0.272 e. The first-order valence-electron chi connectivity index (χ1n) is 11.3. The van der Waals surface area contributed by atoms with E-state index in [0.717, 1.165) is 0 Å². The Labute approximate surface area is 203 Å². The molecule has 4 rings (SSSR count). The Hall–Kier alpha value is -2.18. The molecule has 2 aromatic carbocycles. The largest absolute Gasteiger partial charge is 0.504 e. The van der Waals surface area contributed by atoms with Crippen molar-refractivity contribution in [2.45, 2.75) is 44.0 Å². The zero-order valence-electron chi connectivity index (χ0n) is 19.4. The van der Waals surface area contributed by atoms with Crippen LogP contribution < -0.4 is 26.2 Å². The summed E-state index contributed by atoms with van der Waals surface area (Å²) in [6.45, 7) is 8.16. The summed E-state index contributed by atoms with van der Waals surface area (Å²) < 4.78 is 38.7. The van der Waals surface area contributed by atoms with E-state index in [4.69, 9.17) is 21.1 Å². The molecule has 2 heterocycles. The number of rotatable bonds is 6. The van der Waals surface area contributed by atoms with Gasteiger partial charge in [-0.1, -0.05) is 25.4 Å². The van der Waals surface area contributed by atoms with E-state index in [9.17, 15) is 23.1 Å². The van der Waals surface area contributed by atoms with Crippen LogP contribution in [-0.4, -0.2) is 62.8 Å². The summed E-state index contributed by atoms with van der Waals surface area (Å²) in [5.74, 6) is -0.785. The van der Waals surface area contributed by atoms with Crippen molar-refractivity contribution in [2.75, 3.05) is 44.8 Å². The fraction of sp³-hybridized carbons (Fsp3) is 0.545. The van der Waals surface area contributed by atoms with Crippen LogP contribution in [0.5, 0.6) is 11.5 Å². The second-order valence-corrected chi connectivity index (χ2v) is 10.1. The average Bonchev–Trinajstić information content (AvgIpc) is 2.84. The van der Waals surface area contributed by atoms with Crippen LogP contribution in [0.1, 0.15) is 33.6 Å². The summed E-state index contributed by atoms with van der Waals surface area (Å²) >= 11 is 6.18. The van der Waals surface area contributed by atoms with Crippen molar-refractivity contribution in [3.05, 3.63) is 37.6 Å². The maximum atomic E-state index is 13.3. The van der Waals surface area contributed by atoms with Crippen LogP contribution in [0.3, 0.4) is 0 Å². The highest BCUT2D eigenvalue weighted by Crippen LogP contribution is 2.41. The lowest BCUT2D eigenvalue weighted by Gasteiger charge is -2.44. The molecule has 2 aliphatic heterocycles. The topological polar surface area (TPSA) is 134 Å². The molecule has 3 N–H and O–H groups in total. The average molecular weight is 516 g/mol. The van der Waals surface area contributed by atoms with E-state index in [1.165, 1.54) is 16.4 Å². The molecule has 10 nitrogen and oxygen atoms in total. The van der Waals surface area contributed by atoms with Crippen molar-refractivity contribution < 1.29 is 23.0 Å². The molecule has 0 saturated carbocycles. The number of sulfonamides is 1. The number of phenolic OH excluding ortho intramolecular Hbond substituents is 1. The molecule has 2 saturated heterocycles. The molecule has 0 unspecified atom stereocenters. The lowest BCUT2D eigenvalue weighted by atomic mass is 9.88. The van der Waals surface area contributed by atoms with E-state index in [1.54, 1.807) is 6.92 Å². The van der Waals surface area contributed by atoms with Gasteiger partial charge in [-0.05, 0) is 31.9 Å². The molecule has 0 aromatic heterocycles. The lowest BCUT2D eigenvalue weighted by molar-refractivity contribution is 0.00456. The highest BCUT2D eigenvalue weighted by molar-refractivity contribution is 7.89. The van der Waals surface area contributed by atoms with Crippen LogP contribution in [0.25, 0.3) is 0 Å². The maximum Gasteiger partial charge on any atom is 0.272 e. The SMILES string of the molecule is CC.CCOc1c(Nc2ccc(Cl)c(S(=O)(=O)N3CCC4(CC3)COCCN4)c2O)c(=O)c1=O. The van der Waals surface area contributed by atoms with Crippen molar-refractivity contribution in [3.63, 3.8) is 0 Å². The second kappa shape index (κ2) is 10.6. The number of aromatic hydroxyl groups is 1. The number of ether oxygens (including phenoxy) is 2. The third-order valence-corrected chi connectivity index (χ3v) is 8.30. The molecule has 2 fully saturated rings. The number of hydrogen-bond donors (Lipinski definition) is 3. The van der Waals surface area contributed by atoms with Gasteiger partial charge >= 0.3 is 0 Å². The number of nitrogens with one attached hydrogen (secondary N) is 2. The molecule has 0 atom stereocenters. The summed E-state index contributed by atoms with van der Waals surface area (Å²) in [7, 11) is -4.13. The molecule has 12 heteroatoms. The van der Waals surface area contributed by atoms with Crippen LogP contribution >= 0.6 is 11.6 Å². The standard InChI is InChI=1S/C20H24ClN3O7S.C2H6/c1-2-31-18-14(16(26)17(18)27)23-13-4-3-12(21)19(15(13)25)32(28,29)24-8-5-20(6-9-24)11-30-10-7-22-20;1-2/h3-4,22-23,25H,2,5-11H2,1H3;1-2H3. The molecule has 34 heavy (non-hydrogen) atoms. The minimum Gasteiger partial charge on any atom is -0.504 e. The third-order valence-electron chi connectivity index (χ3n) is 5.90. The van der Waals surface area contributed by atoms with Gasteiger partial charge < -0.3 is 25.2 Å². The maximum absolute atomic E-state index is 13.3. The number of halogens is 1. The monoisotopic (exact) mass is 515 g/mol. The Morgan fingerprint density at radius 3 is 2.50 bits per heavy atom. The van der Waals surface area contributed by atoms with E-state index >= 15 is 0 Å². The van der Waals surface area contributed by atoms with Gasteiger partial charge in [0, 0.05) is 25.2 Å². The van der Waals surface area contributed by atoms with Gasteiger partial charge in [0.05, 0.1) is 30.5 Å². The van der Waals surface area contributed by atoms with E-state index in [1.807, 2.05) is 13.8 Å². The molecule has 0 amide bonds. The number of benzene rings is 1. The zero-order valence-corrected chi connectivity index (χ0v) is 21.0. The minimum atomic E-state index is -4.13. The van der Waals surface area contributed by atoms with Crippen LogP contribution in [0.2, 0.25) is 5.02 Å². The molecular weight excluding hydrogens is 486 g/mol. The molecule has 1 spiro atoms. The first kappa shape index (κ1) is 26.4. The summed E-state index contributed by atoms with van der Waals surface area (Å²) in [6.07, 6.45) is 1.12. The van der Waals surface area contributed by atoms with Crippen LogP contribution in [0.15, 0.2) is 26.6 Å². The summed E-state index contributed by atoms with van der Waals surface area (Å²) in [5.41, 5.74) is -2.05. The van der Waals surface area contributed by atoms with E-state index < -0.39 is 31.5 Å². The summed E-state index contributed by atoms with van der Waals surface area (Å²) in [5, 5.41) is 16.7. The van der Waals surface area contributed by atoms with Crippen molar-refractivity contribution in [1.82, 2.24) is 9.62 Å². The molecule has 0 aliphatic carbocycles. The van der Waals surface area contributed by atoms with Gasteiger partial charge in [0.25, 0.3) is 10.9 Å². The normalized spacial score (nSPS) is 18.4. The Morgan fingerprint density at radius 1 is 1.24 bits per heavy atom. The Balaban J connectivity index is 0.00000158. The van der Waals surface area contributed by atoms with Gasteiger partial charge in [-0.25, -0.2) is 8.42 Å². The second-order valence-electron chi connectivity index (χ2n) is 7.86. The molecule has 2 aliphatic rings. The Morgan fingerprint density at radius 2 is 1.91 bits per heavy atom. The van der Waals surface area contributed by atoms with E-state index in [0.29, 0.717) is 32.6 Å². The van der Waals surface area contributed by atoms with Crippen LogP contribution in [-0.2, 0) is 14.8 Å². The quantitative estimate of drug-likeness (QED) is 0.389. The van der Waals surface area contributed by atoms with Crippen LogP contribution in [0, 0.1) is 0 Å². The predicted octanol–water partition coefficient (Wildman–Crippen LogP) is 1.95. The Bertz CT molecular complexity index is 1190. The van der Waals surface area contributed by atoms with Crippen molar-refractivity contribution in [2.24, 2.45) is 0 Å². The van der Waals surface area contributed by atoms with Crippen molar-refractivity contribution in [3.8, 4) is 11.5 Å². The lowest BCUT2D eigenvalue weighted by Crippen LogP contribution is -2.60.